The average molecular weight is 697 g/mol. The van der Waals surface area contributed by atoms with Crippen LogP contribution < -0.4 is 0 Å². The van der Waals surface area contributed by atoms with Gasteiger partial charge in [-0.3, -0.25) is 0 Å². The van der Waals surface area contributed by atoms with Gasteiger partial charge in [0.25, 0.3) is 0 Å². The Bertz CT molecular complexity index is 598. The summed E-state index contributed by atoms with van der Waals surface area (Å²) in [6.45, 7) is 6.10. The topological polar surface area (TPSA) is 72.8 Å². The summed E-state index contributed by atoms with van der Waals surface area (Å²) in [6.07, 6.45) is 43.1. The Morgan fingerprint density at radius 1 is 0.367 bits per heavy atom. The molecule has 0 rings (SSSR count). The van der Waals surface area contributed by atoms with Crippen LogP contribution in [0, 0.1) is 0 Å². The first-order chi connectivity index (χ1) is 24.2. The van der Waals surface area contributed by atoms with Gasteiger partial charge in [0, 0.05) is 26.1 Å². The second-order valence-corrected chi connectivity index (χ2v) is 15.3. The summed E-state index contributed by atoms with van der Waals surface area (Å²) >= 11 is 0. The lowest BCUT2D eigenvalue weighted by molar-refractivity contribution is -0.910. The molecule has 0 aromatic heterocycles. The van der Waals surface area contributed by atoms with E-state index in [-0.39, 0.29) is 6.61 Å². The van der Waals surface area contributed by atoms with E-state index in [9.17, 15) is 14.7 Å². The Hall–Kier alpha value is -0.820. The maximum absolute atomic E-state index is 10.3. The Balaban J connectivity index is 3.44. The molecule has 0 saturated heterocycles. The zero-order chi connectivity index (χ0) is 35.6. The van der Waals surface area contributed by atoms with Crippen molar-refractivity contribution < 1.29 is 28.7 Å². The number of hydrogen-bond acceptors (Lipinski definition) is 5. The minimum Gasteiger partial charge on any atom is -0.391 e. The maximum atomic E-state index is 10.3. The highest BCUT2D eigenvalue weighted by Gasteiger charge is 2.20. The van der Waals surface area contributed by atoms with E-state index in [1.807, 2.05) is 0 Å². The summed E-state index contributed by atoms with van der Waals surface area (Å²) < 4.78 is 12.8. The molecule has 0 aromatic rings. The zero-order valence-electron chi connectivity index (χ0n) is 33.0. The number of likely N-dealkylation sites (N-methyl/N-ethyl adjacent to an activating group) is 1. The number of ether oxygens (including phenoxy) is 2. The van der Waals surface area contributed by atoms with E-state index < -0.39 is 0 Å². The highest BCUT2D eigenvalue weighted by molar-refractivity contribution is 5.49. The molecule has 0 bridgehead atoms. The van der Waals surface area contributed by atoms with Gasteiger partial charge in [0.1, 0.15) is 32.2 Å². The zero-order valence-corrected chi connectivity index (χ0v) is 33.0. The van der Waals surface area contributed by atoms with Crippen molar-refractivity contribution in [2.75, 3.05) is 59.7 Å². The molecule has 0 amide bonds. The number of quaternary nitrogens is 1. The third-order valence-electron chi connectivity index (χ3n) is 10.4. The first-order valence-electron chi connectivity index (χ1n) is 21.7. The van der Waals surface area contributed by atoms with Crippen molar-refractivity contribution >= 4 is 12.6 Å². The molecule has 0 aliphatic rings. The molecule has 0 saturated carbocycles. The third-order valence-corrected chi connectivity index (χ3v) is 10.4. The molecule has 49 heavy (non-hydrogen) atoms. The van der Waals surface area contributed by atoms with Crippen molar-refractivity contribution in [3.8, 4) is 0 Å². The fourth-order valence-corrected chi connectivity index (χ4v) is 6.81. The van der Waals surface area contributed by atoms with Crippen LogP contribution in [-0.4, -0.2) is 81.9 Å². The van der Waals surface area contributed by atoms with Gasteiger partial charge in [-0.15, -0.1) is 0 Å². The Morgan fingerprint density at radius 3 is 0.857 bits per heavy atom. The second-order valence-electron chi connectivity index (χ2n) is 15.3. The van der Waals surface area contributed by atoms with E-state index in [0.717, 1.165) is 102 Å². The molecule has 0 fully saturated rings. The van der Waals surface area contributed by atoms with Gasteiger partial charge in [-0.2, -0.15) is 0 Å². The summed E-state index contributed by atoms with van der Waals surface area (Å²) in [5, 5.41) is 9.62. The van der Waals surface area contributed by atoms with Crippen LogP contribution in [0.1, 0.15) is 205 Å². The first-order valence-corrected chi connectivity index (χ1v) is 21.7. The molecule has 0 aliphatic heterocycles. The maximum Gasteiger partial charge on any atom is 0.119 e. The number of rotatable bonds is 44. The smallest absolute Gasteiger partial charge is 0.119 e. The normalized spacial score (nSPS) is 11.8. The molecule has 292 valence electrons. The highest BCUT2D eigenvalue weighted by Crippen LogP contribution is 2.15. The minimum absolute atomic E-state index is 0.213. The summed E-state index contributed by atoms with van der Waals surface area (Å²) in [6, 6.07) is 0. The third kappa shape index (κ3) is 39.8. The van der Waals surface area contributed by atoms with Crippen molar-refractivity contribution in [3.05, 3.63) is 0 Å². The van der Waals surface area contributed by atoms with Gasteiger partial charge in [-0.05, 0) is 25.7 Å². The van der Waals surface area contributed by atoms with Crippen molar-refractivity contribution in [1.82, 2.24) is 0 Å². The van der Waals surface area contributed by atoms with Crippen LogP contribution in [0.2, 0.25) is 0 Å². The Morgan fingerprint density at radius 2 is 0.612 bits per heavy atom. The monoisotopic (exact) mass is 697 g/mol. The minimum atomic E-state index is 0.213. The van der Waals surface area contributed by atoms with Gasteiger partial charge in [-0.1, -0.05) is 167 Å². The summed E-state index contributed by atoms with van der Waals surface area (Å²) in [5.74, 6) is 0. The Kier molecular flexibility index (Phi) is 40.9. The highest BCUT2D eigenvalue weighted by atomic mass is 16.5. The van der Waals surface area contributed by atoms with Crippen LogP contribution in [-0.2, 0) is 19.1 Å². The molecule has 0 radical (unpaired) electrons. The van der Waals surface area contributed by atoms with E-state index in [1.165, 1.54) is 167 Å². The molecule has 0 aromatic carbocycles. The van der Waals surface area contributed by atoms with Crippen LogP contribution in [0.5, 0.6) is 0 Å². The van der Waals surface area contributed by atoms with Crippen LogP contribution in [0.3, 0.4) is 0 Å². The number of aliphatic hydroxyl groups is 1. The van der Waals surface area contributed by atoms with Crippen molar-refractivity contribution in [2.24, 2.45) is 0 Å². The molecule has 0 unspecified atom stereocenters. The number of hydrogen-bond donors (Lipinski definition) is 1. The van der Waals surface area contributed by atoms with Gasteiger partial charge in [0.15, 0.2) is 0 Å². The summed E-state index contributed by atoms with van der Waals surface area (Å²) in [5.41, 5.74) is 0. The number of aldehydes is 2. The summed E-state index contributed by atoms with van der Waals surface area (Å²) in [4.78, 5) is 20.6. The molecule has 0 aliphatic carbocycles. The summed E-state index contributed by atoms with van der Waals surface area (Å²) in [7, 11) is 2.22. The molecule has 0 spiro atoms. The van der Waals surface area contributed by atoms with Gasteiger partial charge in [0.05, 0.1) is 26.9 Å². The standard InChI is InChI=1S/C43H86NO5/c1-44(34-39-47,35-42-48-40-32-28-24-20-16-12-8-4-2-6-10-14-18-22-26-30-37-45)36-43-49-41-33-29-25-21-17-13-9-5-3-7-11-15-19-23-27-31-38-46/h37-38,47H,2-36,39-43H2,1H3/q+1. The lowest BCUT2D eigenvalue weighted by Crippen LogP contribution is -2.50. The largest absolute Gasteiger partial charge is 0.391 e. The first kappa shape index (κ1) is 48.2. The van der Waals surface area contributed by atoms with E-state index in [2.05, 4.69) is 7.05 Å². The number of unbranched alkanes of at least 4 members (excludes halogenated alkanes) is 30. The predicted molar refractivity (Wildman–Crippen MR) is 209 cm³/mol. The average Bonchev–Trinajstić information content (AvgIpc) is 3.10. The van der Waals surface area contributed by atoms with E-state index in [1.54, 1.807) is 0 Å². The quantitative estimate of drug-likeness (QED) is 0.0390. The number of aliphatic hydroxyl groups excluding tert-OH is 1. The lowest BCUT2D eigenvalue weighted by atomic mass is 10.0. The van der Waals surface area contributed by atoms with Crippen LogP contribution in [0.25, 0.3) is 0 Å². The molecule has 6 heteroatoms. The molecule has 0 atom stereocenters. The SMILES string of the molecule is C[N+](CCO)(CCOCCCCCCCCCCCCCCCCCC=O)CCOCCCCCCCCCCCCCCCCCC=O. The lowest BCUT2D eigenvalue weighted by Gasteiger charge is -2.33. The van der Waals surface area contributed by atoms with Crippen molar-refractivity contribution in [3.63, 3.8) is 0 Å². The predicted octanol–water partition coefficient (Wildman–Crippen LogP) is 11.3. The van der Waals surface area contributed by atoms with E-state index in [4.69, 9.17) is 9.47 Å². The van der Waals surface area contributed by atoms with Crippen LogP contribution in [0.15, 0.2) is 0 Å². The fraction of sp³-hybridized carbons (Fsp3) is 0.953. The molecular weight excluding hydrogens is 610 g/mol. The number of carbonyl (C=O) groups excluding carboxylic acids is 2. The molecule has 1 N–H and O–H groups in total. The van der Waals surface area contributed by atoms with Gasteiger partial charge in [0.2, 0.25) is 0 Å². The molecule has 6 nitrogen and oxygen atoms in total. The van der Waals surface area contributed by atoms with E-state index in [0.29, 0.717) is 0 Å². The fourth-order valence-electron chi connectivity index (χ4n) is 6.81. The number of carbonyl (C=O) groups is 2. The molecule has 0 heterocycles. The van der Waals surface area contributed by atoms with Gasteiger partial charge >= 0.3 is 0 Å². The Labute approximate surface area is 305 Å². The van der Waals surface area contributed by atoms with Crippen molar-refractivity contribution in [1.29, 1.82) is 0 Å². The van der Waals surface area contributed by atoms with E-state index >= 15 is 0 Å². The van der Waals surface area contributed by atoms with Gasteiger partial charge in [-0.25, -0.2) is 0 Å². The van der Waals surface area contributed by atoms with Crippen LogP contribution in [0.4, 0.5) is 0 Å². The van der Waals surface area contributed by atoms with Gasteiger partial charge < -0.3 is 28.7 Å². The second kappa shape index (κ2) is 41.6. The van der Waals surface area contributed by atoms with Crippen molar-refractivity contribution in [2.45, 2.75) is 205 Å². The number of nitrogens with zero attached hydrogens (tertiary/aromatic N) is 1. The molecular formula is C43H86NO5+. The van der Waals surface area contributed by atoms with Crippen LogP contribution >= 0.6 is 0 Å².